The number of hydrogen-bond donors (Lipinski definition) is 0. The Morgan fingerprint density at radius 3 is 2.60 bits per heavy atom. The lowest BCUT2D eigenvalue weighted by Crippen LogP contribution is -2.02. The summed E-state index contributed by atoms with van der Waals surface area (Å²) in [5.74, 6) is -0.460. The number of nitrogens with zero attached hydrogens (tertiary/aromatic N) is 1. The third-order valence-electron chi connectivity index (χ3n) is 2.50. The van der Waals surface area contributed by atoms with E-state index in [9.17, 15) is 4.79 Å². The predicted octanol–water partition coefficient (Wildman–Crippen LogP) is 3.62. The summed E-state index contributed by atoms with van der Waals surface area (Å²) in [4.78, 5) is 16.7. The molecule has 0 atom stereocenters. The highest BCUT2D eigenvalue weighted by molar-refractivity contribution is 7.16. The third-order valence-corrected chi connectivity index (χ3v) is 3.84. The summed E-state index contributed by atoms with van der Waals surface area (Å²) in [5.41, 5.74) is 1.28. The van der Waals surface area contributed by atoms with Gasteiger partial charge < -0.3 is 9.47 Å². The number of benzene rings is 1. The molecule has 0 aliphatic rings. The quantitative estimate of drug-likeness (QED) is 0.491. The van der Waals surface area contributed by atoms with E-state index in [4.69, 9.17) is 21.1 Å². The molecule has 0 spiro atoms. The molecule has 0 fully saturated rings. The molecule has 0 N–H and O–H groups in total. The van der Waals surface area contributed by atoms with E-state index in [0.29, 0.717) is 15.5 Å². The average molecular weight is 310 g/mol. The van der Waals surface area contributed by atoms with Crippen molar-refractivity contribution < 1.29 is 14.3 Å². The van der Waals surface area contributed by atoms with Crippen molar-refractivity contribution in [3.63, 3.8) is 0 Å². The molecule has 2 aromatic rings. The highest BCUT2D eigenvalue weighted by atomic mass is 35.5. The fraction of sp³-hybridized carbons (Fsp3) is 0.143. The van der Waals surface area contributed by atoms with Crippen LogP contribution in [0.25, 0.3) is 16.1 Å². The second-order valence-electron chi connectivity index (χ2n) is 3.80. The maximum absolute atomic E-state index is 11.7. The minimum atomic E-state index is -0.460. The lowest BCUT2D eigenvalue weighted by Gasteiger charge is -2.01. The zero-order valence-electron chi connectivity index (χ0n) is 10.9. The first-order chi connectivity index (χ1) is 9.65. The summed E-state index contributed by atoms with van der Waals surface area (Å²) in [6.07, 6.45) is 2.97. The molecule has 0 saturated heterocycles. The first-order valence-corrected chi connectivity index (χ1v) is 6.88. The maximum Gasteiger partial charge on any atom is 0.342 e. The third kappa shape index (κ3) is 3.18. The van der Waals surface area contributed by atoms with Gasteiger partial charge in [0.15, 0.2) is 0 Å². The van der Waals surface area contributed by atoms with Crippen LogP contribution in [0.5, 0.6) is 0 Å². The summed E-state index contributed by atoms with van der Waals surface area (Å²) in [5, 5.41) is 1.46. The van der Waals surface area contributed by atoms with Crippen LogP contribution in [0.4, 0.5) is 0 Å². The molecule has 0 amide bonds. The number of halogens is 1. The second-order valence-corrected chi connectivity index (χ2v) is 5.26. The Morgan fingerprint density at radius 1 is 1.30 bits per heavy atom. The van der Waals surface area contributed by atoms with E-state index < -0.39 is 5.97 Å². The second kappa shape index (κ2) is 6.54. The summed E-state index contributed by atoms with van der Waals surface area (Å²) < 4.78 is 9.63. The highest BCUT2D eigenvalue weighted by Crippen LogP contribution is 2.30. The van der Waals surface area contributed by atoms with Crippen molar-refractivity contribution in [2.24, 2.45) is 0 Å². The SMILES string of the molecule is COC=C(C(=O)OC)c1cnc(-c2ccc(Cl)cc2)s1. The number of rotatable bonds is 4. The first-order valence-electron chi connectivity index (χ1n) is 5.69. The van der Waals surface area contributed by atoms with Gasteiger partial charge in [-0.3, -0.25) is 0 Å². The number of esters is 1. The Morgan fingerprint density at radius 2 is 2.00 bits per heavy atom. The van der Waals surface area contributed by atoms with Gasteiger partial charge in [-0.05, 0) is 12.1 Å². The fourth-order valence-corrected chi connectivity index (χ4v) is 2.60. The van der Waals surface area contributed by atoms with Gasteiger partial charge in [0.05, 0.1) is 25.4 Å². The van der Waals surface area contributed by atoms with Crippen LogP contribution >= 0.6 is 22.9 Å². The number of carbonyl (C=O) groups is 1. The Bertz CT molecular complexity index is 634. The van der Waals surface area contributed by atoms with E-state index in [-0.39, 0.29) is 0 Å². The molecule has 0 saturated carbocycles. The summed E-state index contributed by atoms with van der Waals surface area (Å²) in [6, 6.07) is 7.35. The van der Waals surface area contributed by atoms with Gasteiger partial charge in [-0.2, -0.15) is 0 Å². The summed E-state index contributed by atoms with van der Waals surface area (Å²) in [6.45, 7) is 0. The summed E-state index contributed by atoms with van der Waals surface area (Å²) in [7, 11) is 2.80. The van der Waals surface area contributed by atoms with Gasteiger partial charge in [0.2, 0.25) is 0 Å². The van der Waals surface area contributed by atoms with Crippen molar-refractivity contribution in [3.05, 3.63) is 46.6 Å². The zero-order valence-corrected chi connectivity index (χ0v) is 12.5. The van der Waals surface area contributed by atoms with Gasteiger partial charge >= 0.3 is 5.97 Å². The van der Waals surface area contributed by atoms with Crippen LogP contribution in [0, 0.1) is 0 Å². The van der Waals surface area contributed by atoms with Gasteiger partial charge in [0.1, 0.15) is 10.6 Å². The highest BCUT2D eigenvalue weighted by Gasteiger charge is 2.16. The lowest BCUT2D eigenvalue weighted by atomic mass is 10.2. The summed E-state index contributed by atoms with van der Waals surface area (Å²) >= 11 is 7.23. The molecule has 0 bridgehead atoms. The molecule has 1 aromatic carbocycles. The molecule has 0 aliphatic carbocycles. The number of thiazole rings is 1. The molecule has 104 valence electrons. The molecule has 1 heterocycles. The van der Waals surface area contributed by atoms with Crippen molar-refractivity contribution in [2.45, 2.75) is 0 Å². The molecule has 20 heavy (non-hydrogen) atoms. The van der Waals surface area contributed by atoms with Crippen LogP contribution in [0.2, 0.25) is 5.02 Å². The van der Waals surface area contributed by atoms with Gasteiger partial charge in [-0.25, -0.2) is 9.78 Å². The standard InChI is InChI=1S/C14H12ClNO3S/c1-18-8-11(14(17)19-2)12-7-16-13(20-12)9-3-5-10(15)6-4-9/h3-8H,1-2H3. The molecule has 1 aromatic heterocycles. The van der Waals surface area contributed by atoms with Gasteiger partial charge in [-0.1, -0.05) is 23.7 Å². The number of aromatic nitrogens is 1. The monoisotopic (exact) mass is 309 g/mol. The smallest absolute Gasteiger partial charge is 0.342 e. The largest absolute Gasteiger partial charge is 0.503 e. The fourth-order valence-electron chi connectivity index (χ4n) is 1.56. The van der Waals surface area contributed by atoms with E-state index in [1.54, 1.807) is 18.3 Å². The van der Waals surface area contributed by atoms with Crippen LogP contribution in [-0.4, -0.2) is 25.2 Å². The number of carbonyl (C=O) groups excluding carboxylic acids is 1. The Kier molecular flexibility index (Phi) is 4.76. The van der Waals surface area contributed by atoms with Gasteiger partial charge in [0, 0.05) is 16.8 Å². The maximum atomic E-state index is 11.7. The molecule has 4 nitrogen and oxygen atoms in total. The van der Waals surface area contributed by atoms with Crippen molar-refractivity contribution in [1.82, 2.24) is 4.98 Å². The number of ether oxygens (including phenoxy) is 2. The Labute approximate surface area is 125 Å². The normalized spacial score (nSPS) is 11.2. The Hall–Kier alpha value is -1.85. The molecule has 2 rings (SSSR count). The molecule has 6 heteroatoms. The number of methoxy groups -OCH3 is 2. The van der Waals surface area contributed by atoms with Crippen molar-refractivity contribution >= 4 is 34.5 Å². The molecular weight excluding hydrogens is 298 g/mol. The minimum Gasteiger partial charge on any atom is -0.503 e. The predicted molar refractivity (Wildman–Crippen MR) is 79.6 cm³/mol. The van der Waals surface area contributed by atoms with E-state index >= 15 is 0 Å². The minimum absolute atomic E-state index is 0.340. The van der Waals surface area contributed by atoms with E-state index in [2.05, 4.69) is 4.98 Å². The number of hydrogen-bond acceptors (Lipinski definition) is 5. The van der Waals surface area contributed by atoms with E-state index in [1.165, 1.54) is 31.8 Å². The topological polar surface area (TPSA) is 48.4 Å². The Balaban J connectivity index is 2.34. The molecule has 0 aliphatic heterocycles. The van der Waals surface area contributed by atoms with Crippen molar-refractivity contribution in [1.29, 1.82) is 0 Å². The average Bonchev–Trinajstić information content (AvgIpc) is 2.94. The van der Waals surface area contributed by atoms with Gasteiger partial charge in [0.25, 0.3) is 0 Å². The van der Waals surface area contributed by atoms with Gasteiger partial charge in [-0.15, -0.1) is 11.3 Å². The zero-order chi connectivity index (χ0) is 14.5. The van der Waals surface area contributed by atoms with Crippen LogP contribution in [-0.2, 0) is 14.3 Å². The van der Waals surface area contributed by atoms with Crippen molar-refractivity contribution in [2.75, 3.05) is 14.2 Å². The van der Waals surface area contributed by atoms with Crippen LogP contribution in [0.15, 0.2) is 36.7 Å². The molecular formula is C14H12ClNO3S. The lowest BCUT2D eigenvalue weighted by molar-refractivity contribution is -0.133. The molecule has 0 radical (unpaired) electrons. The van der Waals surface area contributed by atoms with Crippen molar-refractivity contribution in [3.8, 4) is 10.6 Å². The van der Waals surface area contributed by atoms with Crippen LogP contribution in [0.1, 0.15) is 4.88 Å². The first kappa shape index (κ1) is 14.6. The van der Waals surface area contributed by atoms with E-state index in [0.717, 1.165) is 10.6 Å². The van der Waals surface area contributed by atoms with E-state index in [1.807, 2.05) is 12.1 Å². The van der Waals surface area contributed by atoms with Crippen LogP contribution < -0.4 is 0 Å². The van der Waals surface area contributed by atoms with Crippen LogP contribution in [0.3, 0.4) is 0 Å². The molecule has 0 unspecified atom stereocenters.